The summed E-state index contributed by atoms with van der Waals surface area (Å²) in [5.74, 6) is 4.19. The van der Waals surface area contributed by atoms with E-state index < -0.39 is 0 Å². The van der Waals surface area contributed by atoms with Gasteiger partial charge in [-0.15, -0.1) is 0 Å². The summed E-state index contributed by atoms with van der Waals surface area (Å²) in [6.07, 6.45) is 13.6. The molecule has 0 amide bonds. The molecule has 2 aromatic rings. The van der Waals surface area contributed by atoms with Crippen molar-refractivity contribution < 1.29 is 9.47 Å². The van der Waals surface area contributed by atoms with Crippen LogP contribution in [0.1, 0.15) is 127 Å². The molecule has 0 fully saturated rings. The van der Waals surface area contributed by atoms with E-state index in [1.165, 1.54) is 56.9 Å². The molecular weight excluding hydrogens is 494 g/mol. The molecule has 3 rings (SSSR count). The summed E-state index contributed by atoms with van der Waals surface area (Å²) in [4.78, 5) is 11.5. The van der Waals surface area contributed by atoms with Crippen molar-refractivity contribution in [2.45, 2.75) is 138 Å². The largest absolute Gasteiger partial charge is 0.488 e. The number of rotatable bonds is 17. The molecule has 0 spiro atoms. The summed E-state index contributed by atoms with van der Waals surface area (Å²) in [7, 11) is 0. The average Bonchev–Trinajstić information content (AvgIpc) is 2.91. The highest BCUT2D eigenvalue weighted by atomic mass is 16.5. The topological polar surface area (TPSA) is 47.9 Å². The first-order valence-electron chi connectivity index (χ1n) is 15.9. The van der Waals surface area contributed by atoms with Crippen LogP contribution in [0.15, 0.2) is 35.5 Å². The Morgan fingerprint density at radius 2 is 1.52 bits per heavy atom. The number of benzene rings is 2. The van der Waals surface area contributed by atoms with Gasteiger partial charge in [-0.3, -0.25) is 0 Å². The van der Waals surface area contributed by atoms with Gasteiger partial charge in [0, 0.05) is 16.7 Å². The van der Waals surface area contributed by atoms with Gasteiger partial charge in [0.15, 0.2) is 0 Å². The number of hydrogen-bond donors (Lipinski definition) is 0. The van der Waals surface area contributed by atoms with Crippen molar-refractivity contribution in [3.05, 3.63) is 63.1 Å². The highest BCUT2D eigenvalue weighted by Gasteiger charge is 2.35. The van der Waals surface area contributed by atoms with Gasteiger partial charge in [0.1, 0.15) is 30.3 Å². The lowest BCUT2D eigenvalue weighted by molar-refractivity contribution is 0.0508. The Bertz CT molecular complexity index is 1060. The molecular formula is C36H55NO3. The van der Waals surface area contributed by atoms with Gasteiger partial charge in [0.2, 0.25) is 0 Å². The Balaban J connectivity index is 1.55. The third kappa shape index (κ3) is 9.35. The Hall–Kier alpha value is -2.36. The molecule has 0 aliphatic carbocycles. The first-order chi connectivity index (χ1) is 19.1. The molecule has 1 aliphatic heterocycles. The molecule has 0 saturated carbocycles. The predicted molar refractivity (Wildman–Crippen MR) is 168 cm³/mol. The molecule has 0 saturated heterocycles. The second-order valence-corrected chi connectivity index (χ2v) is 13.3. The van der Waals surface area contributed by atoms with Crippen molar-refractivity contribution in [1.29, 1.82) is 0 Å². The van der Waals surface area contributed by atoms with Crippen LogP contribution in [0.4, 0.5) is 0 Å². The zero-order chi connectivity index (χ0) is 29.1. The summed E-state index contributed by atoms with van der Waals surface area (Å²) in [6, 6.07) is 10.2. The SMILES string of the molecule is Cc1c2c(c(CN=O)c(C)c1OCc1ccccc1)OC(C)(CCCC(C)CCCC(C)CCCC(C)C)CC2. The highest BCUT2D eigenvalue weighted by molar-refractivity contribution is 5.59. The fourth-order valence-corrected chi connectivity index (χ4v) is 6.37. The Morgan fingerprint density at radius 3 is 2.15 bits per heavy atom. The van der Waals surface area contributed by atoms with E-state index in [0.717, 1.165) is 70.8 Å². The van der Waals surface area contributed by atoms with Crippen LogP contribution in [0.25, 0.3) is 0 Å². The Kier molecular flexibility index (Phi) is 12.5. The van der Waals surface area contributed by atoms with Crippen LogP contribution in [-0.4, -0.2) is 5.60 Å². The lowest BCUT2D eigenvalue weighted by Gasteiger charge is -2.38. The maximum Gasteiger partial charge on any atom is 0.129 e. The lowest BCUT2D eigenvalue weighted by atomic mass is 9.83. The standard InChI is InChI=1S/C36H55NO3/c1-26(2)14-11-15-27(3)16-12-17-28(4)18-13-22-36(7)23-21-32-29(5)34(39-25-31-19-9-8-10-20-31)30(6)33(24-37-38)35(32)40-36/h8-10,19-20,26-28H,11-18,21-25H2,1-7H3. The quantitative estimate of drug-likeness (QED) is 0.184. The average molecular weight is 550 g/mol. The number of hydrogen-bond acceptors (Lipinski definition) is 4. The number of nitroso groups, excluding NO2 is 1. The molecule has 222 valence electrons. The Labute approximate surface area is 244 Å². The fourth-order valence-electron chi connectivity index (χ4n) is 6.37. The molecule has 0 aromatic heterocycles. The summed E-state index contributed by atoms with van der Waals surface area (Å²) in [6.45, 7) is 16.5. The molecule has 3 atom stereocenters. The van der Waals surface area contributed by atoms with Crippen LogP contribution in [0.5, 0.6) is 11.5 Å². The fraction of sp³-hybridized carbons (Fsp3) is 0.667. The van der Waals surface area contributed by atoms with Gasteiger partial charge in [0.05, 0.1) is 0 Å². The van der Waals surface area contributed by atoms with Gasteiger partial charge in [-0.25, -0.2) is 0 Å². The van der Waals surface area contributed by atoms with E-state index in [-0.39, 0.29) is 12.1 Å². The van der Waals surface area contributed by atoms with E-state index in [2.05, 4.69) is 58.9 Å². The molecule has 2 aromatic carbocycles. The van der Waals surface area contributed by atoms with E-state index in [1.54, 1.807) is 0 Å². The zero-order valence-electron chi connectivity index (χ0n) is 26.5. The van der Waals surface area contributed by atoms with Crippen LogP contribution in [0, 0.1) is 36.5 Å². The molecule has 40 heavy (non-hydrogen) atoms. The molecule has 0 N–H and O–H groups in total. The van der Waals surface area contributed by atoms with Crippen LogP contribution >= 0.6 is 0 Å². The van der Waals surface area contributed by atoms with Gasteiger partial charge in [-0.05, 0) is 75.3 Å². The third-order valence-electron chi connectivity index (χ3n) is 9.11. The highest BCUT2D eigenvalue weighted by Crippen LogP contribution is 2.46. The van der Waals surface area contributed by atoms with Crippen molar-refractivity contribution in [2.75, 3.05) is 0 Å². The minimum absolute atomic E-state index is 0.110. The molecule has 4 heteroatoms. The van der Waals surface area contributed by atoms with E-state index in [0.29, 0.717) is 6.61 Å². The van der Waals surface area contributed by atoms with E-state index in [4.69, 9.17) is 9.47 Å². The molecule has 0 radical (unpaired) electrons. The van der Waals surface area contributed by atoms with Crippen molar-refractivity contribution >= 4 is 0 Å². The minimum atomic E-state index is -0.208. The number of nitrogens with zero attached hydrogens (tertiary/aromatic N) is 1. The van der Waals surface area contributed by atoms with Gasteiger partial charge in [-0.1, -0.05) is 108 Å². The molecule has 1 heterocycles. The van der Waals surface area contributed by atoms with Gasteiger partial charge < -0.3 is 9.47 Å². The van der Waals surface area contributed by atoms with Gasteiger partial charge in [0.25, 0.3) is 0 Å². The van der Waals surface area contributed by atoms with Crippen molar-refractivity contribution in [1.82, 2.24) is 0 Å². The van der Waals surface area contributed by atoms with Crippen molar-refractivity contribution in [3.63, 3.8) is 0 Å². The summed E-state index contributed by atoms with van der Waals surface area (Å²) >= 11 is 0. The zero-order valence-corrected chi connectivity index (χ0v) is 26.5. The summed E-state index contributed by atoms with van der Waals surface area (Å²) in [5, 5.41) is 3.28. The number of ether oxygens (including phenoxy) is 2. The molecule has 4 nitrogen and oxygen atoms in total. The van der Waals surface area contributed by atoms with E-state index in [9.17, 15) is 4.91 Å². The molecule has 0 bridgehead atoms. The number of fused-ring (bicyclic) bond motifs is 1. The summed E-state index contributed by atoms with van der Waals surface area (Å²) < 4.78 is 13.1. The van der Waals surface area contributed by atoms with E-state index >= 15 is 0 Å². The van der Waals surface area contributed by atoms with Crippen LogP contribution in [-0.2, 0) is 19.6 Å². The minimum Gasteiger partial charge on any atom is -0.488 e. The van der Waals surface area contributed by atoms with Gasteiger partial charge >= 0.3 is 0 Å². The van der Waals surface area contributed by atoms with Crippen molar-refractivity contribution in [2.24, 2.45) is 22.9 Å². The summed E-state index contributed by atoms with van der Waals surface area (Å²) in [5.41, 5.74) is 5.10. The van der Waals surface area contributed by atoms with E-state index in [1.807, 2.05) is 25.1 Å². The third-order valence-corrected chi connectivity index (χ3v) is 9.11. The second kappa shape index (κ2) is 15.6. The Morgan fingerprint density at radius 1 is 0.900 bits per heavy atom. The maximum atomic E-state index is 11.5. The second-order valence-electron chi connectivity index (χ2n) is 13.3. The predicted octanol–water partition coefficient (Wildman–Crippen LogP) is 10.7. The van der Waals surface area contributed by atoms with Crippen LogP contribution in [0.2, 0.25) is 0 Å². The van der Waals surface area contributed by atoms with Crippen LogP contribution < -0.4 is 9.47 Å². The lowest BCUT2D eigenvalue weighted by Crippen LogP contribution is -2.37. The maximum absolute atomic E-state index is 11.5. The van der Waals surface area contributed by atoms with Crippen molar-refractivity contribution in [3.8, 4) is 11.5 Å². The molecule has 1 aliphatic rings. The normalized spacial score (nSPS) is 18.2. The smallest absolute Gasteiger partial charge is 0.129 e. The monoisotopic (exact) mass is 549 g/mol. The van der Waals surface area contributed by atoms with Gasteiger partial charge in [-0.2, -0.15) is 4.91 Å². The molecule has 3 unspecified atom stereocenters. The first kappa shape index (κ1) is 32.2. The van der Waals surface area contributed by atoms with Crippen LogP contribution in [0.3, 0.4) is 0 Å². The first-order valence-corrected chi connectivity index (χ1v) is 15.9.